The molecular weight excluding hydrogens is 406 g/mol. The van der Waals surface area contributed by atoms with Crippen molar-refractivity contribution in [1.82, 2.24) is 13.5 Å². The van der Waals surface area contributed by atoms with E-state index in [0.717, 1.165) is 11.5 Å². The number of carbonyl (C=O) groups is 1. The van der Waals surface area contributed by atoms with E-state index in [0.29, 0.717) is 43.8 Å². The first-order valence-corrected chi connectivity index (χ1v) is 11.3. The summed E-state index contributed by atoms with van der Waals surface area (Å²) in [7, 11) is 1.43. The van der Waals surface area contributed by atoms with Gasteiger partial charge in [-0.25, -0.2) is 0 Å². The molecule has 1 saturated heterocycles. The molecule has 0 N–H and O–H groups in total. The van der Waals surface area contributed by atoms with Gasteiger partial charge in [-0.15, -0.1) is 0 Å². The van der Waals surface area contributed by atoms with Crippen LogP contribution in [-0.4, -0.2) is 68.2 Å². The van der Waals surface area contributed by atoms with Crippen molar-refractivity contribution >= 4 is 16.1 Å². The van der Waals surface area contributed by atoms with Gasteiger partial charge in [-0.2, -0.15) is 17.0 Å². The Bertz CT molecular complexity index is 961. The topological polar surface area (TPSA) is 83.3 Å². The molecular formula is C21H29N3O5S. The van der Waals surface area contributed by atoms with Gasteiger partial charge in [-0.3, -0.25) is 4.79 Å². The molecule has 0 unspecified atom stereocenters. The van der Waals surface area contributed by atoms with Crippen LogP contribution in [0.3, 0.4) is 0 Å². The van der Waals surface area contributed by atoms with Crippen molar-refractivity contribution in [2.24, 2.45) is 0 Å². The highest BCUT2D eigenvalue weighted by Gasteiger charge is 2.30. The normalized spacial score (nSPS) is 16.0. The monoisotopic (exact) mass is 435 g/mol. The molecule has 9 heteroatoms. The van der Waals surface area contributed by atoms with Crippen LogP contribution < -0.4 is 4.74 Å². The summed E-state index contributed by atoms with van der Waals surface area (Å²) >= 11 is 0. The molecule has 3 rings (SSSR count). The lowest BCUT2D eigenvalue weighted by atomic mass is 10.1. The smallest absolute Gasteiger partial charge is 0.281 e. The molecule has 1 aliphatic rings. The quantitative estimate of drug-likeness (QED) is 0.667. The molecule has 0 atom stereocenters. The first-order chi connectivity index (χ1) is 14.2. The molecule has 1 amide bonds. The van der Waals surface area contributed by atoms with Crippen molar-refractivity contribution in [3.63, 3.8) is 0 Å². The van der Waals surface area contributed by atoms with Gasteiger partial charge >= 0.3 is 0 Å². The molecule has 2 heterocycles. The van der Waals surface area contributed by atoms with Crippen LogP contribution in [0.2, 0.25) is 0 Å². The first kappa shape index (κ1) is 22.3. The number of carbonyl (C=O) groups excluding carboxylic acids is 1. The molecule has 8 nitrogen and oxygen atoms in total. The number of nitrogens with zero attached hydrogens (tertiary/aromatic N) is 3. The minimum Gasteiger partial charge on any atom is -0.490 e. The van der Waals surface area contributed by atoms with E-state index in [1.165, 1.54) is 22.7 Å². The van der Waals surface area contributed by atoms with E-state index in [-0.39, 0.29) is 12.0 Å². The molecule has 1 aromatic heterocycles. The van der Waals surface area contributed by atoms with E-state index in [1.54, 1.807) is 36.2 Å². The molecule has 0 radical (unpaired) electrons. The molecule has 30 heavy (non-hydrogen) atoms. The van der Waals surface area contributed by atoms with Crippen molar-refractivity contribution in [3.05, 3.63) is 53.5 Å². The maximum absolute atomic E-state index is 12.6. The van der Waals surface area contributed by atoms with Gasteiger partial charge in [-0.05, 0) is 56.2 Å². The Morgan fingerprint density at radius 2 is 1.73 bits per heavy atom. The fourth-order valence-corrected chi connectivity index (χ4v) is 4.51. The molecule has 1 fully saturated rings. The van der Waals surface area contributed by atoms with Crippen LogP contribution in [0.15, 0.2) is 40.8 Å². The van der Waals surface area contributed by atoms with Gasteiger partial charge in [0.25, 0.3) is 16.1 Å². The standard InChI is InChI=1S/C21H29N3O5S/c1-16-5-8-20(28-16)15-23(4)21(25)17-6-9-18(10-7-17)29-19-11-13-24(14-12-19)30(26,27)22(2)3/h5-10,19H,11-15H2,1-4H3. The average Bonchev–Trinajstić information content (AvgIpc) is 3.13. The summed E-state index contributed by atoms with van der Waals surface area (Å²) in [5.41, 5.74) is 0.569. The number of hydrogen-bond acceptors (Lipinski definition) is 5. The van der Waals surface area contributed by atoms with Crippen molar-refractivity contribution in [2.75, 3.05) is 34.2 Å². The van der Waals surface area contributed by atoms with Crippen LogP contribution in [0.5, 0.6) is 5.75 Å². The lowest BCUT2D eigenvalue weighted by molar-refractivity contribution is 0.0775. The summed E-state index contributed by atoms with van der Waals surface area (Å²) in [5, 5.41) is 0. The van der Waals surface area contributed by atoms with E-state index in [2.05, 4.69) is 0 Å². The first-order valence-electron chi connectivity index (χ1n) is 9.92. The summed E-state index contributed by atoms with van der Waals surface area (Å²) in [6, 6.07) is 10.8. The molecule has 1 aromatic carbocycles. The number of benzene rings is 1. The van der Waals surface area contributed by atoms with Crippen molar-refractivity contribution in [1.29, 1.82) is 0 Å². The Hall–Kier alpha value is -2.36. The predicted molar refractivity (Wildman–Crippen MR) is 114 cm³/mol. The zero-order chi connectivity index (χ0) is 21.9. The van der Waals surface area contributed by atoms with E-state index in [9.17, 15) is 13.2 Å². The van der Waals surface area contributed by atoms with Crippen LogP contribution >= 0.6 is 0 Å². The fraction of sp³-hybridized carbons (Fsp3) is 0.476. The van der Waals surface area contributed by atoms with Gasteiger partial charge < -0.3 is 14.1 Å². The van der Waals surface area contributed by atoms with E-state index >= 15 is 0 Å². The minimum atomic E-state index is -3.38. The van der Waals surface area contributed by atoms with Gasteiger partial charge in [0.1, 0.15) is 23.4 Å². The lowest BCUT2D eigenvalue weighted by Gasteiger charge is -2.32. The maximum atomic E-state index is 12.6. The molecule has 0 bridgehead atoms. The number of furan rings is 1. The van der Waals surface area contributed by atoms with Crippen molar-refractivity contribution in [2.45, 2.75) is 32.4 Å². The Balaban J connectivity index is 1.53. The zero-order valence-corrected chi connectivity index (χ0v) is 18.7. The van der Waals surface area contributed by atoms with Crippen LogP contribution in [-0.2, 0) is 16.8 Å². The van der Waals surface area contributed by atoms with E-state index in [1.807, 2.05) is 19.1 Å². The summed E-state index contributed by atoms with van der Waals surface area (Å²) in [4.78, 5) is 14.2. The fourth-order valence-electron chi connectivity index (χ4n) is 3.38. The summed E-state index contributed by atoms with van der Waals surface area (Å²) < 4.78 is 38.6. The van der Waals surface area contributed by atoms with Gasteiger partial charge in [0.05, 0.1) is 6.54 Å². The van der Waals surface area contributed by atoms with Gasteiger partial charge in [0.2, 0.25) is 0 Å². The Morgan fingerprint density at radius 1 is 1.10 bits per heavy atom. The predicted octanol–water partition coefficient (Wildman–Crippen LogP) is 2.51. The number of ether oxygens (including phenoxy) is 1. The summed E-state index contributed by atoms with van der Waals surface area (Å²) in [5.74, 6) is 2.13. The van der Waals surface area contributed by atoms with Crippen LogP contribution in [0, 0.1) is 6.92 Å². The second-order valence-corrected chi connectivity index (χ2v) is 9.85. The highest BCUT2D eigenvalue weighted by Crippen LogP contribution is 2.22. The maximum Gasteiger partial charge on any atom is 0.281 e. The molecule has 0 saturated carbocycles. The van der Waals surface area contributed by atoms with E-state index in [4.69, 9.17) is 9.15 Å². The molecule has 164 valence electrons. The Kier molecular flexibility index (Phi) is 6.84. The SMILES string of the molecule is Cc1ccc(CN(C)C(=O)c2ccc(OC3CCN(S(=O)(=O)N(C)C)CC3)cc2)o1. The highest BCUT2D eigenvalue weighted by molar-refractivity contribution is 7.86. The summed E-state index contributed by atoms with van der Waals surface area (Å²) in [6.07, 6.45) is 1.20. The third kappa shape index (κ3) is 5.21. The molecule has 0 aliphatic carbocycles. The number of rotatable bonds is 7. The Labute approximate surface area is 178 Å². The number of amides is 1. The van der Waals surface area contributed by atoms with Gasteiger partial charge in [-0.1, -0.05) is 0 Å². The van der Waals surface area contributed by atoms with Crippen molar-refractivity contribution < 1.29 is 22.4 Å². The molecule has 2 aromatic rings. The minimum absolute atomic E-state index is 0.0509. The van der Waals surface area contributed by atoms with Gasteiger partial charge in [0.15, 0.2) is 0 Å². The number of piperidine rings is 1. The number of aryl methyl sites for hydroxylation is 1. The van der Waals surface area contributed by atoms with E-state index < -0.39 is 10.2 Å². The van der Waals surface area contributed by atoms with Gasteiger partial charge in [0, 0.05) is 39.8 Å². The zero-order valence-electron chi connectivity index (χ0n) is 17.9. The second-order valence-electron chi connectivity index (χ2n) is 7.70. The highest BCUT2D eigenvalue weighted by atomic mass is 32.2. The molecule has 1 aliphatic heterocycles. The lowest BCUT2D eigenvalue weighted by Crippen LogP contribution is -2.46. The van der Waals surface area contributed by atoms with Crippen LogP contribution in [0.4, 0.5) is 0 Å². The second kappa shape index (κ2) is 9.20. The molecule has 0 spiro atoms. The average molecular weight is 436 g/mol. The van der Waals surface area contributed by atoms with Crippen LogP contribution in [0.1, 0.15) is 34.7 Å². The summed E-state index contributed by atoms with van der Waals surface area (Å²) in [6.45, 7) is 3.13. The van der Waals surface area contributed by atoms with Crippen LogP contribution in [0.25, 0.3) is 0 Å². The third-order valence-electron chi connectivity index (χ3n) is 5.13. The van der Waals surface area contributed by atoms with Crippen molar-refractivity contribution in [3.8, 4) is 5.75 Å². The third-order valence-corrected chi connectivity index (χ3v) is 7.07. The Morgan fingerprint density at radius 3 is 2.27 bits per heavy atom. The number of hydrogen-bond donors (Lipinski definition) is 0. The largest absolute Gasteiger partial charge is 0.490 e.